The van der Waals surface area contributed by atoms with Gasteiger partial charge in [-0.25, -0.2) is 4.21 Å². The number of hydrogen-bond donors (Lipinski definition) is 2. The number of nitrogen functional groups attached to an aromatic ring is 1. The summed E-state index contributed by atoms with van der Waals surface area (Å²) in [7, 11) is 1.72. The van der Waals surface area contributed by atoms with Gasteiger partial charge in [-0.05, 0) is 30.7 Å². The number of hydrogen-bond acceptors (Lipinski definition) is 5. The number of anilines is 2. The van der Waals surface area contributed by atoms with E-state index in [1.54, 1.807) is 29.9 Å². The zero-order valence-electron chi connectivity index (χ0n) is 13.2. The quantitative estimate of drug-likeness (QED) is 0.594. The smallest absolute Gasteiger partial charge is 0.273 e. The van der Waals surface area contributed by atoms with E-state index < -0.39 is 0 Å². The summed E-state index contributed by atoms with van der Waals surface area (Å²) in [4.78, 5) is 12.0. The molecule has 2 rings (SSSR count). The van der Waals surface area contributed by atoms with Gasteiger partial charge in [0.05, 0.1) is 23.1 Å². The molecule has 0 saturated carbocycles. The topological polar surface area (TPSA) is 86.3 Å². The van der Waals surface area contributed by atoms with Crippen LogP contribution in [0.5, 0.6) is 5.75 Å². The molecule has 1 aromatic carbocycles. The highest BCUT2D eigenvalue weighted by Crippen LogP contribution is 2.29. The molecule has 0 aliphatic carbocycles. The van der Waals surface area contributed by atoms with Crippen molar-refractivity contribution in [1.29, 1.82) is 0 Å². The average Bonchev–Trinajstić information content (AvgIpc) is 2.53. The molecule has 0 atom stereocenters. The lowest BCUT2D eigenvalue weighted by Gasteiger charge is -2.12. The predicted molar refractivity (Wildman–Crippen MR) is 94.2 cm³/mol. The zero-order valence-corrected chi connectivity index (χ0v) is 14.0. The number of nitrogens with two attached hydrogens (primary N) is 1. The highest BCUT2D eigenvalue weighted by atomic mass is 32.1. The molecule has 2 aromatic rings. The molecule has 123 valence electrons. The Kier molecular flexibility index (Phi) is 5.70. The van der Waals surface area contributed by atoms with Crippen molar-refractivity contribution < 1.29 is 8.95 Å². The second kappa shape index (κ2) is 7.73. The van der Waals surface area contributed by atoms with E-state index in [1.165, 1.54) is 0 Å². The van der Waals surface area contributed by atoms with Crippen LogP contribution < -0.4 is 21.3 Å². The Morgan fingerprint density at radius 1 is 1.30 bits per heavy atom. The fourth-order valence-electron chi connectivity index (χ4n) is 2.23. The van der Waals surface area contributed by atoms with Crippen LogP contribution in [0.1, 0.15) is 6.92 Å². The third-order valence-corrected chi connectivity index (χ3v) is 3.65. The van der Waals surface area contributed by atoms with Gasteiger partial charge in [-0.2, -0.15) is 0 Å². The normalized spacial score (nSPS) is 10.3. The molecule has 3 N–H and O–H groups in total. The van der Waals surface area contributed by atoms with Crippen molar-refractivity contribution in [2.45, 2.75) is 6.92 Å². The van der Waals surface area contributed by atoms with Crippen LogP contribution in [-0.2, 0) is 18.7 Å². The van der Waals surface area contributed by atoms with Crippen molar-refractivity contribution in [2.75, 3.05) is 30.0 Å². The predicted octanol–water partition coefficient (Wildman–Crippen LogP) is 1.66. The molecule has 1 radical (unpaired) electrons. The van der Waals surface area contributed by atoms with Gasteiger partial charge in [0.2, 0.25) is 0 Å². The molecular weight excluding hydrogens is 314 g/mol. The van der Waals surface area contributed by atoms with Gasteiger partial charge >= 0.3 is 0 Å². The second-order valence-electron chi connectivity index (χ2n) is 5.01. The zero-order chi connectivity index (χ0) is 16.8. The van der Waals surface area contributed by atoms with Gasteiger partial charge in [0.15, 0.2) is 0 Å². The summed E-state index contributed by atoms with van der Waals surface area (Å²) in [6, 6.07) is 7.27. The monoisotopic (exact) mass is 334 g/mol. The van der Waals surface area contributed by atoms with Crippen LogP contribution in [0.15, 0.2) is 35.3 Å². The maximum absolute atomic E-state index is 12.0. The number of pyridine rings is 1. The molecule has 0 fully saturated rings. The first-order valence-electron chi connectivity index (χ1n) is 7.28. The lowest BCUT2D eigenvalue weighted by molar-refractivity contribution is 0.345. The minimum Gasteiger partial charge on any atom is -0.490 e. The Hall–Kier alpha value is -2.41. The number of nitrogens with one attached hydrogen (secondary N) is 1. The molecule has 0 aliphatic rings. The van der Waals surface area contributed by atoms with Crippen molar-refractivity contribution in [2.24, 2.45) is 7.05 Å². The first-order chi connectivity index (χ1) is 11.1. The van der Waals surface area contributed by atoms with Crippen molar-refractivity contribution in [3.05, 3.63) is 40.8 Å². The molecule has 23 heavy (non-hydrogen) atoms. The minimum absolute atomic E-state index is 0.0707. The van der Waals surface area contributed by atoms with Crippen LogP contribution in [0.2, 0.25) is 0 Å². The van der Waals surface area contributed by atoms with Gasteiger partial charge < -0.3 is 20.4 Å². The molecular formula is C16H20N3O3S. The minimum atomic E-state index is -0.0707. The average molecular weight is 334 g/mol. The molecule has 6 nitrogen and oxygen atoms in total. The van der Waals surface area contributed by atoms with Crippen LogP contribution in [0.3, 0.4) is 0 Å². The summed E-state index contributed by atoms with van der Waals surface area (Å²) < 4.78 is 17.4. The number of rotatable bonds is 7. The number of ether oxygens (including phenoxy) is 1. The van der Waals surface area contributed by atoms with E-state index in [9.17, 15) is 9.00 Å². The standard InChI is InChI=1S/C16H20N3O3S/c1-3-18-14-9-12(10-19(2)16(14)20)11-4-5-15(13(17)8-11)22-6-7-23-21/h4-5,8-10,18H,3,6-7,17H2,1-2H3. The first kappa shape index (κ1) is 17.0. The number of nitrogens with zero attached hydrogens (tertiary/aromatic N) is 1. The second-order valence-corrected chi connectivity index (χ2v) is 5.66. The fraction of sp³-hybridized carbons (Fsp3) is 0.312. The summed E-state index contributed by atoms with van der Waals surface area (Å²) in [5.41, 5.74) is 8.77. The van der Waals surface area contributed by atoms with Crippen molar-refractivity contribution >= 4 is 23.0 Å². The van der Waals surface area contributed by atoms with Gasteiger partial charge in [0, 0.05) is 25.4 Å². The number of benzene rings is 1. The van der Waals surface area contributed by atoms with E-state index in [1.807, 2.05) is 19.1 Å². The summed E-state index contributed by atoms with van der Waals surface area (Å²) in [6.07, 6.45) is 1.77. The highest BCUT2D eigenvalue weighted by Gasteiger charge is 2.08. The summed E-state index contributed by atoms with van der Waals surface area (Å²) in [5, 5.41) is 3.07. The summed E-state index contributed by atoms with van der Waals surface area (Å²) in [5.74, 6) is 0.924. The van der Waals surface area contributed by atoms with E-state index in [-0.39, 0.29) is 5.56 Å². The van der Waals surface area contributed by atoms with Crippen molar-refractivity contribution in [3.8, 4) is 16.9 Å². The van der Waals surface area contributed by atoms with Crippen LogP contribution >= 0.6 is 0 Å². The Bertz CT molecular complexity index is 759. The molecule has 0 aliphatic heterocycles. The molecule has 0 unspecified atom stereocenters. The van der Waals surface area contributed by atoms with Gasteiger partial charge in [0.25, 0.3) is 5.56 Å². The summed E-state index contributed by atoms with van der Waals surface area (Å²) >= 11 is 0.481. The molecule has 0 saturated heterocycles. The van der Waals surface area contributed by atoms with Gasteiger partial charge in [0.1, 0.15) is 18.0 Å². The third-order valence-electron chi connectivity index (χ3n) is 3.32. The third kappa shape index (κ3) is 4.07. The lowest BCUT2D eigenvalue weighted by atomic mass is 10.1. The Morgan fingerprint density at radius 2 is 2.09 bits per heavy atom. The maximum atomic E-state index is 12.0. The number of aromatic nitrogens is 1. The van der Waals surface area contributed by atoms with E-state index in [4.69, 9.17) is 10.5 Å². The SMILES string of the molecule is CCNc1cc(-c2ccc(OCC[S]=O)c(N)c2)cn(C)c1=O. The van der Waals surface area contributed by atoms with E-state index in [0.29, 0.717) is 47.7 Å². The molecule has 1 heterocycles. The molecule has 7 heteroatoms. The van der Waals surface area contributed by atoms with Crippen LogP contribution in [-0.4, -0.2) is 27.7 Å². The fourth-order valence-corrected chi connectivity index (χ4v) is 2.38. The van der Waals surface area contributed by atoms with E-state index in [2.05, 4.69) is 5.32 Å². The van der Waals surface area contributed by atoms with E-state index in [0.717, 1.165) is 11.1 Å². The van der Waals surface area contributed by atoms with Crippen LogP contribution in [0.4, 0.5) is 11.4 Å². The van der Waals surface area contributed by atoms with Gasteiger partial charge in [-0.15, -0.1) is 0 Å². The lowest BCUT2D eigenvalue weighted by Crippen LogP contribution is -2.20. The van der Waals surface area contributed by atoms with Crippen LogP contribution in [0.25, 0.3) is 11.1 Å². The highest BCUT2D eigenvalue weighted by molar-refractivity contribution is 7.65. The number of aryl methyl sites for hydroxylation is 1. The summed E-state index contributed by atoms with van der Waals surface area (Å²) in [6.45, 7) is 2.93. The van der Waals surface area contributed by atoms with Gasteiger partial charge in [-0.3, -0.25) is 4.79 Å². The molecule has 0 spiro atoms. The maximum Gasteiger partial charge on any atom is 0.273 e. The molecule has 0 amide bonds. The van der Waals surface area contributed by atoms with Crippen molar-refractivity contribution in [3.63, 3.8) is 0 Å². The Balaban J connectivity index is 2.33. The van der Waals surface area contributed by atoms with E-state index >= 15 is 0 Å². The van der Waals surface area contributed by atoms with Crippen molar-refractivity contribution in [1.82, 2.24) is 4.57 Å². The largest absolute Gasteiger partial charge is 0.490 e. The Morgan fingerprint density at radius 3 is 2.74 bits per heavy atom. The van der Waals surface area contributed by atoms with Crippen LogP contribution in [0, 0.1) is 0 Å². The molecule has 0 bridgehead atoms. The first-order valence-corrected chi connectivity index (χ1v) is 8.20. The Labute approximate surface area is 138 Å². The molecule has 1 aromatic heterocycles. The van der Waals surface area contributed by atoms with Gasteiger partial charge in [-0.1, -0.05) is 6.07 Å².